The Labute approximate surface area is 119 Å². The predicted molar refractivity (Wildman–Crippen MR) is 83.0 cm³/mol. The molecule has 0 unspecified atom stereocenters. The quantitative estimate of drug-likeness (QED) is 0.916. The van der Waals surface area contributed by atoms with Gasteiger partial charge in [-0.2, -0.15) is 0 Å². The maximum atomic E-state index is 4.88. The number of nitrogens with zero attached hydrogens (tertiary/aromatic N) is 1. The molecular weight excluding hydrogens is 252 g/mol. The maximum absolute atomic E-state index is 4.88. The second kappa shape index (κ2) is 5.59. The minimum Gasteiger partial charge on any atom is -0.317 e. The molecule has 2 nitrogen and oxygen atoms in total. The number of hydrogen-bond donors (Lipinski definition) is 1. The highest BCUT2D eigenvalue weighted by molar-refractivity contribution is 7.18. The summed E-state index contributed by atoms with van der Waals surface area (Å²) in [4.78, 5) is 4.88. The zero-order valence-electron chi connectivity index (χ0n) is 11.8. The zero-order chi connectivity index (χ0) is 13.2. The minimum atomic E-state index is 0.532. The molecule has 1 aliphatic heterocycles. The topological polar surface area (TPSA) is 24.9 Å². The molecule has 1 aliphatic rings. The van der Waals surface area contributed by atoms with E-state index in [1.54, 1.807) is 0 Å². The van der Waals surface area contributed by atoms with Gasteiger partial charge in [0.15, 0.2) is 0 Å². The number of benzene rings is 1. The summed E-state index contributed by atoms with van der Waals surface area (Å²) in [6.07, 6.45) is 3.80. The first-order valence-corrected chi connectivity index (χ1v) is 8.14. The van der Waals surface area contributed by atoms with Crippen molar-refractivity contribution in [3.63, 3.8) is 0 Å². The largest absolute Gasteiger partial charge is 0.317 e. The molecule has 0 saturated carbocycles. The van der Waals surface area contributed by atoms with Gasteiger partial charge < -0.3 is 5.32 Å². The van der Waals surface area contributed by atoms with E-state index in [9.17, 15) is 0 Å². The highest BCUT2D eigenvalue weighted by atomic mass is 32.1. The van der Waals surface area contributed by atoms with Crippen LogP contribution < -0.4 is 5.32 Å². The van der Waals surface area contributed by atoms with E-state index in [1.165, 1.54) is 53.1 Å². The average molecular weight is 274 g/mol. The highest BCUT2D eigenvalue weighted by Crippen LogP contribution is 2.31. The molecule has 1 aromatic carbocycles. The Morgan fingerprint density at radius 2 is 2.11 bits per heavy atom. The van der Waals surface area contributed by atoms with E-state index < -0.39 is 0 Å². The SMILES string of the molecule is CC(C)c1nc2c(CC3CCNCC3)cccc2s1. The Hall–Kier alpha value is -0.930. The van der Waals surface area contributed by atoms with Gasteiger partial charge in [0.1, 0.15) is 0 Å². The number of fused-ring (bicyclic) bond motifs is 1. The first-order valence-electron chi connectivity index (χ1n) is 7.33. The van der Waals surface area contributed by atoms with E-state index in [0.29, 0.717) is 5.92 Å². The Bertz CT molecular complexity index is 553. The summed E-state index contributed by atoms with van der Waals surface area (Å²) in [5.74, 6) is 1.36. The summed E-state index contributed by atoms with van der Waals surface area (Å²) in [7, 11) is 0. The molecule has 0 bridgehead atoms. The van der Waals surface area contributed by atoms with Crippen LogP contribution in [-0.4, -0.2) is 18.1 Å². The van der Waals surface area contributed by atoms with Crippen LogP contribution in [0.2, 0.25) is 0 Å². The van der Waals surface area contributed by atoms with Crippen molar-refractivity contribution in [2.24, 2.45) is 5.92 Å². The van der Waals surface area contributed by atoms with Crippen LogP contribution in [0.1, 0.15) is 43.2 Å². The van der Waals surface area contributed by atoms with Gasteiger partial charge in [-0.15, -0.1) is 11.3 Å². The second-order valence-corrected chi connectivity index (χ2v) is 6.93. The fraction of sp³-hybridized carbons (Fsp3) is 0.562. The molecule has 1 N–H and O–H groups in total. The van der Waals surface area contributed by atoms with E-state index in [2.05, 4.69) is 37.4 Å². The molecule has 3 rings (SSSR count). The molecule has 1 fully saturated rings. The highest BCUT2D eigenvalue weighted by Gasteiger charge is 2.16. The van der Waals surface area contributed by atoms with Gasteiger partial charge in [0.2, 0.25) is 0 Å². The van der Waals surface area contributed by atoms with Gasteiger partial charge in [0, 0.05) is 5.92 Å². The minimum absolute atomic E-state index is 0.532. The van der Waals surface area contributed by atoms with Crippen LogP contribution in [0.5, 0.6) is 0 Å². The van der Waals surface area contributed by atoms with Crippen molar-refractivity contribution < 1.29 is 0 Å². The first kappa shape index (κ1) is 13.1. The van der Waals surface area contributed by atoms with E-state index >= 15 is 0 Å². The Morgan fingerprint density at radius 1 is 1.32 bits per heavy atom. The van der Waals surface area contributed by atoms with Crippen molar-refractivity contribution >= 4 is 21.6 Å². The lowest BCUT2D eigenvalue weighted by Gasteiger charge is -2.22. The Morgan fingerprint density at radius 3 is 2.84 bits per heavy atom. The molecule has 2 aromatic rings. The summed E-state index contributed by atoms with van der Waals surface area (Å²) < 4.78 is 1.36. The van der Waals surface area contributed by atoms with Crippen LogP contribution >= 0.6 is 11.3 Å². The molecule has 0 atom stereocenters. The second-order valence-electron chi connectivity index (χ2n) is 5.87. The normalized spacial score (nSPS) is 17.4. The third-order valence-electron chi connectivity index (χ3n) is 3.98. The van der Waals surface area contributed by atoms with Crippen molar-refractivity contribution in [3.05, 3.63) is 28.8 Å². The van der Waals surface area contributed by atoms with Crippen LogP contribution in [-0.2, 0) is 6.42 Å². The monoisotopic (exact) mass is 274 g/mol. The molecule has 1 aromatic heterocycles. The molecular formula is C16H22N2S. The number of rotatable bonds is 3. The van der Waals surface area contributed by atoms with E-state index in [4.69, 9.17) is 4.98 Å². The smallest absolute Gasteiger partial charge is 0.0964 e. The van der Waals surface area contributed by atoms with Gasteiger partial charge in [0.25, 0.3) is 0 Å². The van der Waals surface area contributed by atoms with Gasteiger partial charge in [-0.1, -0.05) is 26.0 Å². The molecule has 0 aliphatic carbocycles. The first-order chi connectivity index (χ1) is 9.24. The summed E-state index contributed by atoms with van der Waals surface area (Å²) in [5.41, 5.74) is 2.71. The van der Waals surface area contributed by atoms with E-state index in [-0.39, 0.29) is 0 Å². The fourth-order valence-electron chi connectivity index (χ4n) is 2.83. The molecule has 3 heteroatoms. The summed E-state index contributed by atoms with van der Waals surface area (Å²) in [6, 6.07) is 6.68. The Balaban J connectivity index is 1.89. The van der Waals surface area contributed by atoms with Crippen LogP contribution in [0.25, 0.3) is 10.2 Å². The molecule has 0 amide bonds. The number of hydrogen-bond acceptors (Lipinski definition) is 3. The Kier molecular flexibility index (Phi) is 3.85. The number of aromatic nitrogens is 1. The number of para-hydroxylation sites is 1. The van der Waals surface area contributed by atoms with E-state index in [1.807, 2.05) is 11.3 Å². The van der Waals surface area contributed by atoms with Crippen molar-refractivity contribution in [1.82, 2.24) is 10.3 Å². The molecule has 0 radical (unpaired) electrons. The third kappa shape index (κ3) is 2.82. The van der Waals surface area contributed by atoms with Crippen LogP contribution in [0, 0.1) is 5.92 Å². The summed E-state index contributed by atoms with van der Waals surface area (Å²) >= 11 is 1.86. The standard InChI is InChI=1S/C16H22N2S/c1-11(2)16-18-15-13(4-3-5-14(15)19-16)10-12-6-8-17-9-7-12/h3-5,11-12,17H,6-10H2,1-2H3. The van der Waals surface area contributed by atoms with Crippen LogP contribution in [0.3, 0.4) is 0 Å². The van der Waals surface area contributed by atoms with Crippen molar-refractivity contribution in [2.45, 2.75) is 39.0 Å². The van der Waals surface area contributed by atoms with Gasteiger partial charge in [-0.05, 0) is 49.9 Å². The van der Waals surface area contributed by atoms with Crippen molar-refractivity contribution in [3.8, 4) is 0 Å². The van der Waals surface area contributed by atoms with Gasteiger partial charge in [-0.3, -0.25) is 0 Å². The zero-order valence-corrected chi connectivity index (χ0v) is 12.6. The molecule has 0 spiro atoms. The maximum Gasteiger partial charge on any atom is 0.0964 e. The van der Waals surface area contributed by atoms with Crippen LogP contribution in [0.15, 0.2) is 18.2 Å². The molecule has 1 saturated heterocycles. The van der Waals surface area contributed by atoms with Crippen molar-refractivity contribution in [1.29, 1.82) is 0 Å². The summed E-state index contributed by atoms with van der Waals surface area (Å²) in [5, 5.41) is 4.71. The molecule has 19 heavy (non-hydrogen) atoms. The molecule has 2 heterocycles. The summed E-state index contributed by atoms with van der Waals surface area (Å²) in [6.45, 7) is 6.80. The van der Waals surface area contributed by atoms with Crippen molar-refractivity contribution in [2.75, 3.05) is 13.1 Å². The lowest BCUT2D eigenvalue weighted by Crippen LogP contribution is -2.28. The van der Waals surface area contributed by atoms with Crippen LogP contribution in [0.4, 0.5) is 0 Å². The average Bonchev–Trinajstić information content (AvgIpc) is 2.85. The van der Waals surface area contributed by atoms with Gasteiger partial charge >= 0.3 is 0 Å². The number of nitrogens with one attached hydrogen (secondary N) is 1. The fourth-order valence-corrected chi connectivity index (χ4v) is 3.85. The van der Waals surface area contributed by atoms with Gasteiger partial charge in [0.05, 0.1) is 15.2 Å². The van der Waals surface area contributed by atoms with Gasteiger partial charge in [-0.25, -0.2) is 4.98 Å². The van der Waals surface area contributed by atoms with E-state index in [0.717, 1.165) is 5.92 Å². The predicted octanol–water partition coefficient (Wildman–Crippen LogP) is 3.96. The number of thiazole rings is 1. The lowest BCUT2D eigenvalue weighted by atomic mass is 9.90. The number of piperidine rings is 1. The molecule has 102 valence electrons. The third-order valence-corrected chi connectivity index (χ3v) is 5.30. The lowest BCUT2D eigenvalue weighted by molar-refractivity contribution is 0.373.